The molecular weight excluding hydrogens is 583 g/mol. The van der Waals surface area contributed by atoms with E-state index in [1.165, 1.54) is 72.6 Å². The molecule has 3 aliphatic heterocycles. The van der Waals surface area contributed by atoms with E-state index in [0.717, 1.165) is 27.6 Å². The van der Waals surface area contributed by atoms with Crippen LogP contribution in [-0.2, 0) is 5.41 Å². The van der Waals surface area contributed by atoms with Gasteiger partial charge in [0.25, 0.3) is 6.71 Å². The Kier molecular flexibility index (Phi) is 4.44. The van der Waals surface area contributed by atoms with Crippen LogP contribution in [0.5, 0.6) is 0 Å². The minimum Gasteiger partial charge on any atom is -0.454 e. The van der Waals surface area contributed by atoms with Gasteiger partial charge < -0.3 is 14.2 Å². The van der Waals surface area contributed by atoms with Crippen LogP contribution in [0.2, 0.25) is 0 Å². The maximum absolute atomic E-state index is 6.69. The van der Waals surface area contributed by atoms with E-state index in [-0.39, 0.29) is 12.1 Å². The third kappa shape index (κ3) is 2.74. The van der Waals surface area contributed by atoms with E-state index in [4.69, 9.17) is 4.42 Å². The second-order valence-corrected chi connectivity index (χ2v) is 13.7. The van der Waals surface area contributed by atoms with Gasteiger partial charge in [0.1, 0.15) is 5.58 Å². The lowest BCUT2D eigenvalue weighted by molar-refractivity contribution is 0.669. The summed E-state index contributed by atoms with van der Waals surface area (Å²) in [5, 5.41) is 2.28. The Morgan fingerprint density at radius 1 is 0.500 bits per heavy atom. The highest BCUT2D eigenvalue weighted by Crippen LogP contribution is 2.63. The highest BCUT2D eigenvalue weighted by Gasteiger charge is 2.53. The van der Waals surface area contributed by atoms with Crippen molar-refractivity contribution in [2.24, 2.45) is 0 Å². The molecule has 0 amide bonds. The second-order valence-electron chi connectivity index (χ2n) is 13.7. The van der Waals surface area contributed by atoms with Gasteiger partial charge in [0, 0.05) is 38.9 Å². The van der Waals surface area contributed by atoms with Crippen LogP contribution < -0.4 is 26.2 Å². The Bertz CT molecular complexity index is 2740. The average Bonchev–Trinajstić information content (AvgIpc) is 3.65. The SMILES string of the molecule is CC12c3ccccc3-c3cccc(c31)N1c3ccccc3B3c4ccccc4N(c4cccc5c4oc4ccccc45)c4ccc2c1c43. The Labute approximate surface area is 278 Å². The lowest BCUT2D eigenvalue weighted by Gasteiger charge is -2.50. The standard InChI is InChI=1S/C44H27BN2O/c1-44-30-16-4-2-12-26(30)28-14-10-21-36(40(28)44)47-35-20-8-6-18-33(35)45-32-17-5-7-19-34(32)46(37-25-24-31(44)42(47)41(37)45)38-22-11-15-29-27-13-3-9-23-39(27)48-43(29)38/h2-25H,1H3. The zero-order valence-electron chi connectivity index (χ0n) is 26.2. The van der Waals surface area contributed by atoms with Crippen molar-refractivity contribution in [1.29, 1.82) is 0 Å². The monoisotopic (exact) mass is 610 g/mol. The number of hydrogen-bond acceptors (Lipinski definition) is 3. The Balaban J connectivity index is 1.24. The van der Waals surface area contributed by atoms with Gasteiger partial charge in [-0.3, -0.25) is 0 Å². The lowest BCUT2D eigenvalue weighted by atomic mass is 9.33. The minimum absolute atomic E-state index is 0.0923. The minimum atomic E-state index is -0.277. The molecule has 7 aromatic carbocycles. The van der Waals surface area contributed by atoms with Crippen LogP contribution in [0.1, 0.15) is 23.6 Å². The van der Waals surface area contributed by atoms with E-state index in [1.807, 2.05) is 0 Å². The molecule has 0 radical (unpaired) electrons. The molecule has 222 valence electrons. The molecule has 0 bridgehead atoms. The van der Waals surface area contributed by atoms with Crippen LogP contribution in [0.25, 0.3) is 33.1 Å². The average molecular weight is 611 g/mol. The summed E-state index contributed by atoms with van der Waals surface area (Å²) in [5.41, 5.74) is 19.7. The summed E-state index contributed by atoms with van der Waals surface area (Å²) in [7, 11) is 0. The zero-order chi connectivity index (χ0) is 31.3. The smallest absolute Gasteiger partial charge is 0.252 e. The number of benzene rings is 7. The number of furan rings is 1. The normalized spacial score (nSPS) is 17.2. The van der Waals surface area contributed by atoms with Crippen molar-refractivity contribution in [1.82, 2.24) is 0 Å². The van der Waals surface area contributed by atoms with Gasteiger partial charge in [-0.25, -0.2) is 0 Å². The number of para-hydroxylation sites is 4. The number of nitrogens with zero attached hydrogens (tertiary/aromatic N) is 2. The molecule has 3 nitrogen and oxygen atoms in total. The van der Waals surface area contributed by atoms with Crippen LogP contribution in [0.4, 0.5) is 34.1 Å². The van der Waals surface area contributed by atoms with Gasteiger partial charge in [-0.15, -0.1) is 0 Å². The molecule has 1 aromatic heterocycles. The predicted octanol–water partition coefficient (Wildman–Crippen LogP) is 9.32. The fourth-order valence-electron chi connectivity index (χ4n) is 9.78. The predicted molar refractivity (Wildman–Crippen MR) is 199 cm³/mol. The summed E-state index contributed by atoms with van der Waals surface area (Å²) in [6.07, 6.45) is 0. The molecule has 0 saturated carbocycles. The second kappa shape index (κ2) is 8.47. The van der Waals surface area contributed by atoms with Crippen LogP contribution in [0, 0.1) is 0 Å². The summed E-state index contributed by atoms with van der Waals surface area (Å²) >= 11 is 0. The van der Waals surface area contributed by atoms with E-state index in [9.17, 15) is 0 Å². The van der Waals surface area contributed by atoms with Gasteiger partial charge in [0.05, 0.1) is 11.4 Å². The molecular formula is C44H27BN2O. The Hall–Kier alpha value is -6.00. The molecule has 1 atom stereocenters. The lowest BCUT2D eigenvalue weighted by Crippen LogP contribution is -2.62. The molecule has 0 saturated heterocycles. The molecule has 8 aromatic rings. The highest BCUT2D eigenvalue weighted by molar-refractivity contribution is 7.00. The van der Waals surface area contributed by atoms with Crippen molar-refractivity contribution >= 4 is 79.2 Å². The van der Waals surface area contributed by atoms with Gasteiger partial charge in [0.2, 0.25) is 0 Å². The van der Waals surface area contributed by atoms with Crippen molar-refractivity contribution < 1.29 is 4.42 Å². The first kappa shape index (κ1) is 25.1. The maximum atomic E-state index is 6.69. The molecule has 0 N–H and O–H groups in total. The third-order valence-corrected chi connectivity index (χ3v) is 11.6. The van der Waals surface area contributed by atoms with Crippen LogP contribution in [0.3, 0.4) is 0 Å². The van der Waals surface area contributed by atoms with Crippen LogP contribution in [0.15, 0.2) is 150 Å². The van der Waals surface area contributed by atoms with Crippen molar-refractivity contribution in [3.05, 3.63) is 162 Å². The largest absolute Gasteiger partial charge is 0.454 e. The van der Waals surface area contributed by atoms with Crippen molar-refractivity contribution in [2.45, 2.75) is 12.3 Å². The molecule has 4 heteroatoms. The quantitative estimate of drug-likeness (QED) is 0.173. The Morgan fingerprint density at radius 2 is 1.15 bits per heavy atom. The van der Waals surface area contributed by atoms with E-state index < -0.39 is 0 Å². The van der Waals surface area contributed by atoms with E-state index in [1.54, 1.807) is 0 Å². The van der Waals surface area contributed by atoms with Crippen molar-refractivity contribution in [3.63, 3.8) is 0 Å². The van der Waals surface area contributed by atoms with Gasteiger partial charge in [-0.05, 0) is 87.5 Å². The molecule has 4 aliphatic rings. The maximum Gasteiger partial charge on any atom is 0.252 e. The van der Waals surface area contributed by atoms with Gasteiger partial charge >= 0.3 is 0 Å². The fourth-order valence-corrected chi connectivity index (χ4v) is 9.78. The topological polar surface area (TPSA) is 19.6 Å². The molecule has 1 aliphatic carbocycles. The molecule has 48 heavy (non-hydrogen) atoms. The van der Waals surface area contributed by atoms with E-state index >= 15 is 0 Å². The Morgan fingerprint density at radius 3 is 2.02 bits per heavy atom. The van der Waals surface area contributed by atoms with E-state index in [2.05, 4.69) is 162 Å². The third-order valence-electron chi connectivity index (χ3n) is 11.6. The van der Waals surface area contributed by atoms with Gasteiger partial charge in [-0.2, -0.15) is 0 Å². The number of hydrogen-bond donors (Lipinski definition) is 0. The molecule has 0 fully saturated rings. The summed E-state index contributed by atoms with van der Waals surface area (Å²) in [6.45, 7) is 2.55. The van der Waals surface area contributed by atoms with Crippen molar-refractivity contribution in [2.75, 3.05) is 9.80 Å². The summed E-state index contributed by atoms with van der Waals surface area (Å²) in [6, 6.07) is 53.8. The summed E-state index contributed by atoms with van der Waals surface area (Å²) in [5.74, 6) is 0. The van der Waals surface area contributed by atoms with Crippen LogP contribution in [-0.4, -0.2) is 6.71 Å². The zero-order valence-corrected chi connectivity index (χ0v) is 26.2. The highest BCUT2D eigenvalue weighted by atomic mass is 16.3. The molecule has 12 rings (SSSR count). The first-order chi connectivity index (χ1) is 23.7. The number of anilines is 6. The molecule has 0 spiro atoms. The van der Waals surface area contributed by atoms with Gasteiger partial charge in [0.15, 0.2) is 5.58 Å². The summed E-state index contributed by atoms with van der Waals surface area (Å²) in [4.78, 5) is 5.05. The van der Waals surface area contributed by atoms with Crippen molar-refractivity contribution in [3.8, 4) is 11.1 Å². The van der Waals surface area contributed by atoms with Crippen LogP contribution >= 0.6 is 0 Å². The summed E-state index contributed by atoms with van der Waals surface area (Å²) < 4.78 is 6.69. The number of fused-ring (bicyclic) bond motifs is 13. The molecule has 1 unspecified atom stereocenters. The first-order valence-corrected chi connectivity index (χ1v) is 16.8. The van der Waals surface area contributed by atoms with Gasteiger partial charge in [-0.1, -0.05) is 109 Å². The van der Waals surface area contributed by atoms with E-state index in [0.29, 0.717) is 0 Å². The fraction of sp³-hybridized carbons (Fsp3) is 0.0455. The molecule has 4 heterocycles. The first-order valence-electron chi connectivity index (χ1n) is 16.8. The number of rotatable bonds is 1.